The first kappa shape index (κ1) is 8.90. The number of nitrogens with two attached hydrogens (primary N) is 1. The van der Waals surface area contributed by atoms with E-state index in [-0.39, 0.29) is 12.8 Å². The summed E-state index contributed by atoms with van der Waals surface area (Å²) in [5.41, 5.74) is 4.70. The van der Waals surface area contributed by atoms with Crippen molar-refractivity contribution in [2.45, 2.75) is 18.9 Å². The number of carbonyl (C=O) groups excluding carboxylic acids is 1. The van der Waals surface area contributed by atoms with Gasteiger partial charge in [-0.05, 0) is 6.42 Å². The molecule has 0 saturated heterocycles. The molecule has 0 radical (unpaired) electrons. The van der Waals surface area contributed by atoms with Crippen LogP contribution in [0.4, 0.5) is 0 Å². The van der Waals surface area contributed by atoms with Gasteiger partial charge in [0, 0.05) is 6.42 Å². The summed E-state index contributed by atoms with van der Waals surface area (Å²) in [5.74, 6) is -1.94. The normalized spacial score (nSPS) is 12.5. The number of carboxylic acid groups (broad SMARTS) is 1. The van der Waals surface area contributed by atoms with Gasteiger partial charge >= 0.3 is 5.97 Å². The van der Waals surface area contributed by atoms with E-state index in [2.05, 4.69) is 0 Å². The number of rotatable bonds is 4. The highest BCUT2D eigenvalue weighted by molar-refractivity contribution is 5.76. The Kier molecular flexibility index (Phi) is 3.42. The van der Waals surface area contributed by atoms with Crippen LogP contribution >= 0.6 is 0 Å². The van der Waals surface area contributed by atoms with Gasteiger partial charge in [0.25, 0.3) is 0 Å². The molecule has 0 aromatic carbocycles. The minimum absolute atomic E-state index is 0.104. The first-order valence-corrected chi connectivity index (χ1v) is 2.73. The number of primary amides is 1. The Morgan fingerprint density at radius 2 is 2.00 bits per heavy atom. The number of hydrogen-bond acceptors (Lipinski definition) is 3. The summed E-state index contributed by atoms with van der Waals surface area (Å²) in [4.78, 5) is 20.0. The van der Waals surface area contributed by atoms with Crippen LogP contribution < -0.4 is 5.73 Å². The minimum Gasteiger partial charge on any atom is -0.479 e. The van der Waals surface area contributed by atoms with Gasteiger partial charge in [-0.25, -0.2) is 4.79 Å². The first-order valence-electron chi connectivity index (χ1n) is 2.73. The molecule has 0 spiro atoms. The van der Waals surface area contributed by atoms with Gasteiger partial charge in [-0.3, -0.25) is 4.79 Å². The molecule has 0 saturated carbocycles. The lowest BCUT2D eigenvalue weighted by molar-refractivity contribution is -0.147. The molecule has 0 bridgehead atoms. The second-order valence-electron chi connectivity index (χ2n) is 1.86. The van der Waals surface area contributed by atoms with E-state index in [9.17, 15) is 9.59 Å². The smallest absolute Gasteiger partial charge is 0.332 e. The van der Waals surface area contributed by atoms with E-state index in [4.69, 9.17) is 15.9 Å². The second kappa shape index (κ2) is 3.84. The molecule has 0 fully saturated rings. The molecule has 0 heterocycles. The van der Waals surface area contributed by atoms with Gasteiger partial charge in [0.2, 0.25) is 5.91 Å². The van der Waals surface area contributed by atoms with Crippen LogP contribution in [-0.4, -0.2) is 28.2 Å². The molecule has 5 heteroatoms. The predicted octanol–water partition coefficient (Wildman–Crippen LogP) is -1.30. The molecule has 0 rings (SSSR count). The summed E-state index contributed by atoms with van der Waals surface area (Å²) in [7, 11) is 0. The number of aliphatic carboxylic acids is 1. The van der Waals surface area contributed by atoms with Crippen LogP contribution in [0.2, 0.25) is 0 Å². The average molecular weight is 147 g/mol. The number of aliphatic hydroxyl groups is 1. The van der Waals surface area contributed by atoms with E-state index in [1.807, 2.05) is 0 Å². The molecular formula is C5H9NO4. The molecule has 1 atom stereocenters. The lowest BCUT2D eigenvalue weighted by Gasteiger charge is -2.00. The third kappa shape index (κ3) is 3.85. The Balaban J connectivity index is 3.49. The van der Waals surface area contributed by atoms with E-state index >= 15 is 0 Å². The fraction of sp³-hybridized carbons (Fsp3) is 0.600. The highest BCUT2D eigenvalue weighted by atomic mass is 16.4. The zero-order chi connectivity index (χ0) is 8.15. The van der Waals surface area contributed by atoms with Gasteiger partial charge in [0.05, 0.1) is 0 Å². The molecule has 5 nitrogen and oxygen atoms in total. The minimum atomic E-state index is -1.48. The van der Waals surface area contributed by atoms with Crippen LogP contribution in [0.1, 0.15) is 12.8 Å². The second-order valence-corrected chi connectivity index (χ2v) is 1.86. The summed E-state index contributed by atoms with van der Waals surface area (Å²) in [6.45, 7) is 0. The number of carboxylic acids is 1. The standard InChI is InChI=1S/C5H9NO4/c6-4(8)2-1-3(7)5(9)10/h3,7H,1-2H2,(H2,6,8)(H,9,10)/t3-/m0/s1. The predicted molar refractivity (Wildman–Crippen MR) is 32.1 cm³/mol. The van der Waals surface area contributed by atoms with Crippen LogP contribution in [0.5, 0.6) is 0 Å². The van der Waals surface area contributed by atoms with Crippen LogP contribution in [-0.2, 0) is 9.59 Å². The van der Waals surface area contributed by atoms with E-state index < -0.39 is 18.0 Å². The SMILES string of the molecule is NC(=O)CC[C@H](O)C(=O)O. The third-order valence-corrected chi connectivity index (χ3v) is 0.949. The summed E-state index contributed by atoms with van der Waals surface area (Å²) in [6, 6.07) is 0. The Hall–Kier alpha value is -1.10. The Labute approximate surface area is 57.5 Å². The third-order valence-electron chi connectivity index (χ3n) is 0.949. The maximum Gasteiger partial charge on any atom is 0.332 e. The van der Waals surface area contributed by atoms with Crippen molar-refractivity contribution < 1.29 is 19.8 Å². The molecule has 0 aliphatic heterocycles. The largest absolute Gasteiger partial charge is 0.479 e. The van der Waals surface area contributed by atoms with E-state index in [1.165, 1.54) is 0 Å². The maximum atomic E-state index is 10.0. The van der Waals surface area contributed by atoms with Crippen molar-refractivity contribution in [3.8, 4) is 0 Å². The molecule has 0 aromatic rings. The van der Waals surface area contributed by atoms with Gasteiger partial charge in [0.15, 0.2) is 6.10 Å². The zero-order valence-electron chi connectivity index (χ0n) is 5.28. The van der Waals surface area contributed by atoms with E-state index in [1.54, 1.807) is 0 Å². The van der Waals surface area contributed by atoms with Crippen LogP contribution in [0.25, 0.3) is 0 Å². The van der Waals surface area contributed by atoms with Gasteiger partial charge < -0.3 is 15.9 Å². The first-order chi connectivity index (χ1) is 4.54. The molecule has 0 unspecified atom stereocenters. The van der Waals surface area contributed by atoms with Gasteiger partial charge in [0.1, 0.15) is 0 Å². The van der Waals surface area contributed by atoms with Crippen molar-refractivity contribution in [2.24, 2.45) is 5.73 Å². The number of hydrogen-bond donors (Lipinski definition) is 3. The highest BCUT2D eigenvalue weighted by Crippen LogP contribution is 1.95. The van der Waals surface area contributed by atoms with Crippen molar-refractivity contribution in [1.29, 1.82) is 0 Å². The van der Waals surface area contributed by atoms with Crippen LogP contribution in [0, 0.1) is 0 Å². The lowest BCUT2D eigenvalue weighted by atomic mass is 10.2. The molecule has 0 aliphatic carbocycles. The van der Waals surface area contributed by atoms with Crippen LogP contribution in [0.3, 0.4) is 0 Å². The molecule has 0 aromatic heterocycles. The highest BCUT2D eigenvalue weighted by Gasteiger charge is 2.12. The maximum absolute atomic E-state index is 10.0. The van der Waals surface area contributed by atoms with E-state index in [0.717, 1.165) is 0 Å². The van der Waals surface area contributed by atoms with Crippen molar-refractivity contribution in [1.82, 2.24) is 0 Å². The Morgan fingerprint density at radius 1 is 1.50 bits per heavy atom. The quantitative estimate of drug-likeness (QED) is 0.460. The summed E-state index contributed by atoms with van der Waals surface area (Å²) in [5, 5.41) is 16.7. The molecule has 4 N–H and O–H groups in total. The molecule has 1 amide bonds. The number of amides is 1. The molecular weight excluding hydrogens is 138 g/mol. The Bertz CT molecular complexity index is 145. The fourth-order valence-corrected chi connectivity index (χ4v) is 0.402. The average Bonchev–Trinajstić information content (AvgIpc) is 1.82. The fourth-order valence-electron chi connectivity index (χ4n) is 0.402. The topological polar surface area (TPSA) is 101 Å². The van der Waals surface area contributed by atoms with Gasteiger partial charge in [-0.15, -0.1) is 0 Å². The van der Waals surface area contributed by atoms with Crippen molar-refractivity contribution in [3.05, 3.63) is 0 Å². The summed E-state index contributed by atoms with van der Waals surface area (Å²) < 4.78 is 0. The van der Waals surface area contributed by atoms with Crippen LogP contribution in [0.15, 0.2) is 0 Å². The number of aliphatic hydroxyl groups excluding tert-OH is 1. The van der Waals surface area contributed by atoms with E-state index in [0.29, 0.717) is 0 Å². The molecule has 58 valence electrons. The molecule has 0 aliphatic rings. The summed E-state index contributed by atoms with van der Waals surface area (Å²) in [6.07, 6.45) is -1.70. The lowest BCUT2D eigenvalue weighted by Crippen LogP contribution is -2.22. The molecule has 10 heavy (non-hydrogen) atoms. The van der Waals surface area contributed by atoms with Crippen molar-refractivity contribution >= 4 is 11.9 Å². The van der Waals surface area contributed by atoms with Gasteiger partial charge in [-0.1, -0.05) is 0 Å². The zero-order valence-corrected chi connectivity index (χ0v) is 5.28. The van der Waals surface area contributed by atoms with Crippen molar-refractivity contribution in [3.63, 3.8) is 0 Å². The number of carbonyl (C=O) groups is 2. The monoisotopic (exact) mass is 147 g/mol. The van der Waals surface area contributed by atoms with Gasteiger partial charge in [-0.2, -0.15) is 0 Å². The summed E-state index contributed by atoms with van der Waals surface area (Å²) >= 11 is 0. The Morgan fingerprint density at radius 3 is 2.30 bits per heavy atom. The van der Waals surface area contributed by atoms with Crippen molar-refractivity contribution in [2.75, 3.05) is 0 Å².